The summed E-state index contributed by atoms with van der Waals surface area (Å²) in [6.45, 7) is 3.31. The highest BCUT2D eigenvalue weighted by molar-refractivity contribution is 5.94. The van der Waals surface area contributed by atoms with Gasteiger partial charge < -0.3 is 9.64 Å². The van der Waals surface area contributed by atoms with Crippen LogP contribution in [0.15, 0.2) is 30.3 Å². The Hall–Kier alpha value is -3.24. The SMILES string of the molecule is CCCN(C(=O)CC)c1cc2c(cc1CN(Cc1cc(C(F)(F)F)cc(C(F)(F)F)c1)C(=O)OC)CCC2. The summed E-state index contributed by atoms with van der Waals surface area (Å²) in [5.41, 5.74) is -0.0302. The van der Waals surface area contributed by atoms with Crippen molar-refractivity contribution >= 4 is 17.7 Å². The number of hydrogen-bond donors (Lipinski definition) is 0. The molecule has 0 saturated carbocycles. The first-order valence-corrected chi connectivity index (χ1v) is 12.3. The Balaban J connectivity index is 2.07. The minimum absolute atomic E-state index is 0.0452. The lowest BCUT2D eigenvalue weighted by Gasteiger charge is -2.29. The maximum Gasteiger partial charge on any atom is 0.416 e. The van der Waals surface area contributed by atoms with E-state index in [0.29, 0.717) is 36.3 Å². The van der Waals surface area contributed by atoms with Crippen LogP contribution in [-0.2, 0) is 47.8 Å². The summed E-state index contributed by atoms with van der Waals surface area (Å²) in [5, 5.41) is 0. The van der Waals surface area contributed by atoms with Gasteiger partial charge in [0.15, 0.2) is 0 Å². The number of carbonyl (C=O) groups excluding carboxylic acids is 2. The molecule has 2 amide bonds. The lowest BCUT2D eigenvalue weighted by atomic mass is 10.0. The van der Waals surface area contributed by atoms with Crippen LogP contribution in [0.5, 0.6) is 0 Å². The number of alkyl halides is 6. The third-order valence-corrected chi connectivity index (χ3v) is 6.45. The summed E-state index contributed by atoms with van der Waals surface area (Å²) >= 11 is 0. The molecule has 2 aromatic carbocycles. The average Bonchev–Trinajstić information content (AvgIpc) is 3.31. The van der Waals surface area contributed by atoms with Gasteiger partial charge in [0.1, 0.15) is 0 Å². The van der Waals surface area contributed by atoms with Crippen LogP contribution in [0.1, 0.15) is 66.5 Å². The van der Waals surface area contributed by atoms with Crippen molar-refractivity contribution in [2.45, 2.75) is 71.4 Å². The van der Waals surface area contributed by atoms with E-state index in [4.69, 9.17) is 4.74 Å². The van der Waals surface area contributed by atoms with Crippen molar-refractivity contribution in [3.63, 3.8) is 0 Å². The smallest absolute Gasteiger partial charge is 0.416 e. The highest BCUT2D eigenvalue weighted by Gasteiger charge is 2.37. The zero-order chi connectivity index (χ0) is 28.3. The molecule has 1 aliphatic carbocycles. The van der Waals surface area contributed by atoms with Gasteiger partial charge in [-0.25, -0.2) is 4.79 Å². The van der Waals surface area contributed by atoms with Crippen LogP contribution in [0, 0.1) is 0 Å². The summed E-state index contributed by atoms with van der Waals surface area (Å²) in [6, 6.07) is 5.01. The van der Waals surface area contributed by atoms with Crippen molar-refractivity contribution in [3.05, 3.63) is 63.7 Å². The van der Waals surface area contributed by atoms with Crippen LogP contribution in [0.2, 0.25) is 0 Å². The van der Waals surface area contributed by atoms with Crippen LogP contribution in [0.4, 0.5) is 36.8 Å². The van der Waals surface area contributed by atoms with E-state index in [1.807, 2.05) is 19.1 Å². The van der Waals surface area contributed by atoms with Crippen LogP contribution in [0.25, 0.3) is 0 Å². The van der Waals surface area contributed by atoms with E-state index >= 15 is 0 Å². The van der Waals surface area contributed by atoms with E-state index in [2.05, 4.69) is 0 Å². The van der Waals surface area contributed by atoms with Gasteiger partial charge in [-0.05, 0) is 72.2 Å². The molecule has 0 aromatic heterocycles. The zero-order valence-electron chi connectivity index (χ0n) is 21.4. The van der Waals surface area contributed by atoms with Crippen LogP contribution in [0.3, 0.4) is 0 Å². The number of nitrogens with zero attached hydrogens (tertiary/aromatic N) is 2. The number of anilines is 1. The Bertz CT molecular complexity index is 1140. The molecule has 0 unspecified atom stereocenters. The minimum atomic E-state index is -5.01. The Labute approximate surface area is 217 Å². The van der Waals surface area contributed by atoms with Gasteiger partial charge >= 0.3 is 18.4 Å². The largest absolute Gasteiger partial charge is 0.453 e. The lowest BCUT2D eigenvalue weighted by Crippen LogP contribution is -2.34. The summed E-state index contributed by atoms with van der Waals surface area (Å²) in [5.74, 6) is -0.136. The van der Waals surface area contributed by atoms with Gasteiger partial charge in [-0.2, -0.15) is 26.3 Å². The van der Waals surface area contributed by atoms with E-state index in [1.54, 1.807) is 11.8 Å². The molecule has 0 atom stereocenters. The molecular formula is C27H30F6N2O3. The van der Waals surface area contributed by atoms with Crippen molar-refractivity contribution in [2.75, 3.05) is 18.6 Å². The number of rotatable bonds is 8. The number of ether oxygens (including phenoxy) is 1. The van der Waals surface area contributed by atoms with Crippen LogP contribution in [-0.4, -0.2) is 30.6 Å². The normalized spacial score (nSPS) is 13.3. The first kappa shape index (κ1) is 29.3. The zero-order valence-corrected chi connectivity index (χ0v) is 21.4. The monoisotopic (exact) mass is 544 g/mol. The van der Waals surface area contributed by atoms with Crippen molar-refractivity contribution in [2.24, 2.45) is 0 Å². The molecule has 5 nitrogen and oxygen atoms in total. The Morgan fingerprint density at radius 1 is 0.868 bits per heavy atom. The Morgan fingerprint density at radius 2 is 1.45 bits per heavy atom. The topological polar surface area (TPSA) is 49.9 Å². The fraction of sp³-hybridized carbons (Fsp3) is 0.481. The molecule has 3 rings (SSSR count). The number of benzene rings is 2. The molecule has 0 bridgehead atoms. The summed E-state index contributed by atoms with van der Waals surface area (Å²) < 4.78 is 85.1. The van der Waals surface area contributed by atoms with E-state index in [9.17, 15) is 35.9 Å². The fourth-order valence-electron chi connectivity index (χ4n) is 4.68. The van der Waals surface area contributed by atoms with Crippen LogP contribution >= 0.6 is 0 Å². The molecule has 1 aliphatic rings. The molecule has 0 radical (unpaired) electrons. The summed E-state index contributed by atoms with van der Waals surface area (Å²) in [6.07, 6.45) is -7.52. The first-order valence-electron chi connectivity index (χ1n) is 12.3. The quantitative estimate of drug-likeness (QED) is 0.332. The highest BCUT2D eigenvalue weighted by atomic mass is 19.4. The summed E-state index contributed by atoms with van der Waals surface area (Å²) in [7, 11) is 1.08. The van der Waals surface area contributed by atoms with Gasteiger partial charge in [-0.3, -0.25) is 9.69 Å². The van der Waals surface area contributed by atoms with E-state index in [0.717, 1.165) is 42.4 Å². The van der Waals surface area contributed by atoms with Gasteiger partial charge in [-0.1, -0.05) is 19.9 Å². The van der Waals surface area contributed by atoms with Gasteiger partial charge in [-0.15, -0.1) is 0 Å². The molecule has 2 aromatic rings. The third-order valence-electron chi connectivity index (χ3n) is 6.45. The first-order chi connectivity index (χ1) is 17.8. The third kappa shape index (κ3) is 6.79. The molecule has 0 fully saturated rings. The highest BCUT2D eigenvalue weighted by Crippen LogP contribution is 2.37. The number of hydrogen-bond acceptors (Lipinski definition) is 3. The second-order valence-corrected chi connectivity index (χ2v) is 9.24. The molecule has 0 aliphatic heterocycles. The standard InChI is InChI=1S/C27H30F6N2O3/c1-4-9-35(24(36)5-2)23-13-19-8-6-7-18(19)12-20(23)16-34(25(37)38-3)15-17-10-21(26(28,29)30)14-22(11-17)27(31,32)33/h10-14H,4-9,15-16H2,1-3H3. The Kier molecular flexibility index (Phi) is 8.99. The second-order valence-electron chi connectivity index (χ2n) is 9.24. The average molecular weight is 545 g/mol. The molecule has 208 valence electrons. The van der Waals surface area contributed by atoms with Gasteiger partial charge in [0.25, 0.3) is 0 Å². The number of halogens is 6. The van der Waals surface area contributed by atoms with Crippen molar-refractivity contribution < 1.29 is 40.7 Å². The van der Waals surface area contributed by atoms with Crippen LogP contribution < -0.4 is 4.90 Å². The molecule has 0 N–H and O–H groups in total. The number of methoxy groups -OCH3 is 1. The lowest BCUT2D eigenvalue weighted by molar-refractivity contribution is -0.143. The predicted molar refractivity (Wildman–Crippen MR) is 130 cm³/mol. The number of amides is 2. The number of carbonyl (C=O) groups is 2. The second kappa shape index (κ2) is 11.7. The molecule has 38 heavy (non-hydrogen) atoms. The van der Waals surface area contributed by atoms with Crippen molar-refractivity contribution in [1.82, 2.24) is 4.90 Å². The molecule has 0 heterocycles. The van der Waals surface area contributed by atoms with Gasteiger partial charge in [0, 0.05) is 25.2 Å². The fourth-order valence-corrected chi connectivity index (χ4v) is 4.68. The van der Waals surface area contributed by atoms with E-state index < -0.39 is 36.1 Å². The molecule has 0 saturated heterocycles. The van der Waals surface area contributed by atoms with Crippen molar-refractivity contribution in [1.29, 1.82) is 0 Å². The summed E-state index contributed by atoms with van der Waals surface area (Å²) in [4.78, 5) is 28.1. The van der Waals surface area contributed by atoms with E-state index in [-0.39, 0.29) is 30.5 Å². The van der Waals surface area contributed by atoms with E-state index in [1.165, 1.54) is 0 Å². The molecule has 0 spiro atoms. The minimum Gasteiger partial charge on any atom is -0.453 e. The maximum atomic E-state index is 13.4. The van der Waals surface area contributed by atoms with Crippen molar-refractivity contribution in [3.8, 4) is 0 Å². The number of fused-ring (bicyclic) bond motifs is 1. The maximum absolute atomic E-state index is 13.4. The van der Waals surface area contributed by atoms with Gasteiger partial charge in [0.2, 0.25) is 5.91 Å². The molecule has 11 heteroatoms. The number of aryl methyl sites for hydroxylation is 2. The van der Waals surface area contributed by atoms with Gasteiger partial charge in [0.05, 0.1) is 24.8 Å². The Morgan fingerprint density at radius 3 is 1.95 bits per heavy atom. The molecular weight excluding hydrogens is 514 g/mol. The predicted octanol–water partition coefficient (Wildman–Crippen LogP) is 7.13.